The first-order valence-corrected chi connectivity index (χ1v) is 7.63. The summed E-state index contributed by atoms with van der Waals surface area (Å²) in [7, 11) is 0. The molecule has 2 rings (SSSR count). The molecule has 1 aliphatic carbocycles. The zero-order valence-corrected chi connectivity index (χ0v) is 12.3. The van der Waals surface area contributed by atoms with Gasteiger partial charge in [-0.05, 0) is 25.0 Å². The highest BCUT2D eigenvalue weighted by molar-refractivity contribution is 5.97. The van der Waals surface area contributed by atoms with Crippen LogP contribution >= 0.6 is 0 Å². The zero-order valence-electron chi connectivity index (χ0n) is 12.3. The van der Waals surface area contributed by atoms with Crippen LogP contribution in [0.4, 0.5) is 0 Å². The molecule has 0 radical (unpaired) electrons. The molecule has 0 saturated heterocycles. The number of aliphatic hydroxyl groups is 1. The van der Waals surface area contributed by atoms with Gasteiger partial charge in [-0.25, -0.2) is 0 Å². The maximum atomic E-state index is 12.4. The Balaban J connectivity index is 2.01. The molecular weight excluding hydrogens is 264 g/mol. The number of Topliss-reactive ketones (excluding diaryl/α,β-unsaturated/α-hetero) is 1. The first kappa shape index (κ1) is 15.7. The fourth-order valence-corrected chi connectivity index (χ4v) is 2.97. The van der Waals surface area contributed by atoms with Crippen LogP contribution in [0.15, 0.2) is 24.3 Å². The second kappa shape index (κ2) is 7.92. The number of carbonyl (C=O) groups excluding carboxylic acids is 1. The molecule has 1 saturated carbocycles. The van der Waals surface area contributed by atoms with Gasteiger partial charge >= 0.3 is 0 Å². The monoisotopic (exact) mass is 286 g/mol. The maximum Gasteiger partial charge on any atom is 0.176 e. The van der Waals surface area contributed by atoms with Crippen LogP contribution in [0.5, 0.6) is 0 Å². The van der Waals surface area contributed by atoms with Crippen molar-refractivity contribution >= 4 is 5.78 Å². The van der Waals surface area contributed by atoms with Gasteiger partial charge in [0, 0.05) is 18.2 Å². The average molecular weight is 286 g/mol. The second-order valence-corrected chi connectivity index (χ2v) is 5.60. The van der Waals surface area contributed by atoms with Crippen LogP contribution in [0.2, 0.25) is 0 Å². The molecule has 1 aliphatic rings. The third-order valence-electron chi connectivity index (χ3n) is 4.16. The molecule has 1 aromatic rings. The predicted molar refractivity (Wildman–Crippen MR) is 81.0 cm³/mol. The highest BCUT2D eigenvalue weighted by Gasteiger charge is 2.23. The number of nitrogens with zero attached hydrogens (tertiary/aromatic N) is 2. The number of ketones is 1. The summed E-state index contributed by atoms with van der Waals surface area (Å²) in [5, 5.41) is 18.0. The molecule has 4 heteroatoms. The Hall–Kier alpha value is -1.70. The number of hydrogen-bond donors (Lipinski definition) is 1. The number of benzene rings is 1. The van der Waals surface area contributed by atoms with Crippen LogP contribution in [-0.2, 0) is 0 Å². The van der Waals surface area contributed by atoms with Crippen molar-refractivity contribution in [3.05, 3.63) is 35.4 Å². The maximum absolute atomic E-state index is 12.4. The Bertz CT molecular complexity index is 499. The van der Waals surface area contributed by atoms with Gasteiger partial charge < -0.3 is 5.11 Å². The van der Waals surface area contributed by atoms with Gasteiger partial charge in [-0.3, -0.25) is 9.69 Å². The van der Waals surface area contributed by atoms with E-state index in [1.54, 1.807) is 24.3 Å². The molecule has 1 fully saturated rings. The Morgan fingerprint density at radius 2 is 1.90 bits per heavy atom. The van der Waals surface area contributed by atoms with E-state index >= 15 is 0 Å². The van der Waals surface area contributed by atoms with Crippen LogP contribution in [0, 0.1) is 11.3 Å². The minimum absolute atomic E-state index is 0.0542. The van der Waals surface area contributed by atoms with Crippen molar-refractivity contribution in [1.82, 2.24) is 4.90 Å². The van der Waals surface area contributed by atoms with E-state index in [2.05, 4.69) is 11.0 Å². The first-order valence-electron chi connectivity index (χ1n) is 7.63. The third-order valence-corrected chi connectivity index (χ3v) is 4.16. The van der Waals surface area contributed by atoms with Gasteiger partial charge in [-0.2, -0.15) is 5.26 Å². The summed E-state index contributed by atoms with van der Waals surface area (Å²) in [5.41, 5.74) is 1.19. The molecule has 0 atom stereocenters. The fourth-order valence-electron chi connectivity index (χ4n) is 2.97. The van der Waals surface area contributed by atoms with E-state index in [1.165, 1.54) is 19.3 Å². The summed E-state index contributed by atoms with van der Waals surface area (Å²) in [5.74, 6) is 0.0542. The van der Waals surface area contributed by atoms with Crippen LogP contribution < -0.4 is 0 Å². The molecule has 4 nitrogen and oxygen atoms in total. The van der Waals surface area contributed by atoms with Crippen molar-refractivity contribution in [2.24, 2.45) is 0 Å². The largest absolute Gasteiger partial charge is 0.395 e. The van der Waals surface area contributed by atoms with Crippen LogP contribution in [0.3, 0.4) is 0 Å². The van der Waals surface area contributed by atoms with Crippen molar-refractivity contribution in [3.8, 4) is 6.07 Å². The Labute approximate surface area is 126 Å². The van der Waals surface area contributed by atoms with Crippen LogP contribution in [0.25, 0.3) is 0 Å². The van der Waals surface area contributed by atoms with E-state index in [-0.39, 0.29) is 12.4 Å². The minimum Gasteiger partial charge on any atom is -0.395 e. The lowest BCUT2D eigenvalue weighted by molar-refractivity contribution is 0.0814. The van der Waals surface area contributed by atoms with Crippen molar-refractivity contribution < 1.29 is 9.90 Å². The molecule has 0 amide bonds. The number of nitriles is 1. The molecule has 0 unspecified atom stereocenters. The predicted octanol–water partition coefficient (Wildman–Crippen LogP) is 2.37. The molecule has 112 valence electrons. The van der Waals surface area contributed by atoms with Crippen molar-refractivity contribution in [2.45, 2.75) is 38.1 Å². The van der Waals surface area contributed by atoms with E-state index in [1.807, 2.05) is 0 Å². The van der Waals surface area contributed by atoms with E-state index in [9.17, 15) is 9.90 Å². The van der Waals surface area contributed by atoms with Gasteiger partial charge in [-0.15, -0.1) is 0 Å². The Kier molecular flexibility index (Phi) is 5.91. The lowest BCUT2D eigenvalue weighted by atomic mass is 9.93. The summed E-state index contributed by atoms with van der Waals surface area (Å²) in [4.78, 5) is 14.5. The van der Waals surface area contributed by atoms with E-state index in [0.717, 1.165) is 12.8 Å². The zero-order chi connectivity index (χ0) is 15.1. The lowest BCUT2D eigenvalue weighted by Crippen LogP contribution is -2.41. The van der Waals surface area contributed by atoms with E-state index < -0.39 is 0 Å². The van der Waals surface area contributed by atoms with Crippen LogP contribution in [-0.4, -0.2) is 41.5 Å². The standard InChI is InChI=1S/C17H22N2O2/c18-12-14-6-8-15(9-7-14)17(21)13-19(10-11-20)16-4-2-1-3-5-16/h6-9,16,20H,1-5,10-11,13H2. The molecule has 21 heavy (non-hydrogen) atoms. The first-order chi connectivity index (χ1) is 10.2. The highest BCUT2D eigenvalue weighted by Crippen LogP contribution is 2.22. The fraction of sp³-hybridized carbons (Fsp3) is 0.529. The molecule has 0 aromatic heterocycles. The third kappa shape index (κ3) is 4.38. The summed E-state index contributed by atoms with van der Waals surface area (Å²) in [6.07, 6.45) is 5.91. The summed E-state index contributed by atoms with van der Waals surface area (Å²) in [6.45, 7) is 0.973. The molecule has 0 bridgehead atoms. The molecule has 0 aliphatic heterocycles. The summed E-state index contributed by atoms with van der Waals surface area (Å²) in [6, 6.07) is 9.22. The normalized spacial score (nSPS) is 15.9. The lowest BCUT2D eigenvalue weighted by Gasteiger charge is -2.33. The summed E-state index contributed by atoms with van der Waals surface area (Å²) < 4.78 is 0. The van der Waals surface area contributed by atoms with Crippen molar-refractivity contribution in [2.75, 3.05) is 19.7 Å². The number of hydrogen-bond acceptors (Lipinski definition) is 4. The van der Waals surface area contributed by atoms with Crippen molar-refractivity contribution in [3.63, 3.8) is 0 Å². The Morgan fingerprint density at radius 1 is 1.24 bits per heavy atom. The van der Waals surface area contributed by atoms with E-state index in [0.29, 0.717) is 30.3 Å². The highest BCUT2D eigenvalue weighted by atomic mass is 16.3. The molecule has 0 heterocycles. The molecule has 1 N–H and O–H groups in total. The quantitative estimate of drug-likeness (QED) is 0.815. The van der Waals surface area contributed by atoms with Crippen LogP contribution in [0.1, 0.15) is 48.0 Å². The minimum atomic E-state index is 0.0542. The van der Waals surface area contributed by atoms with Gasteiger partial charge in [0.2, 0.25) is 0 Å². The smallest absolute Gasteiger partial charge is 0.176 e. The molecule has 0 spiro atoms. The van der Waals surface area contributed by atoms with Gasteiger partial charge in [0.05, 0.1) is 24.8 Å². The number of carbonyl (C=O) groups is 1. The molecule has 1 aromatic carbocycles. The second-order valence-electron chi connectivity index (χ2n) is 5.60. The molecular formula is C17H22N2O2. The number of rotatable bonds is 6. The topological polar surface area (TPSA) is 64.3 Å². The van der Waals surface area contributed by atoms with Gasteiger partial charge in [0.1, 0.15) is 0 Å². The average Bonchev–Trinajstić information content (AvgIpc) is 2.55. The van der Waals surface area contributed by atoms with Gasteiger partial charge in [-0.1, -0.05) is 31.4 Å². The van der Waals surface area contributed by atoms with Gasteiger partial charge in [0.15, 0.2) is 5.78 Å². The van der Waals surface area contributed by atoms with Gasteiger partial charge in [0.25, 0.3) is 0 Å². The SMILES string of the molecule is N#Cc1ccc(C(=O)CN(CCO)C2CCCCC2)cc1. The summed E-state index contributed by atoms with van der Waals surface area (Å²) >= 11 is 0. The van der Waals surface area contributed by atoms with E-state index in [4.69, 9.17) is 5.26 Å². The number of aliphatic hydroxyl groups excluding tert-OH is 1. The van der Waals surface area contributed by atoms with Crippen molar-refractivity contribution in [1.29, 1.82) is 5.26 Å². The Morgan fingerprint density at radius 3 is 2.48 bits per heavy atom.